The van der Waals surface area contributed by atoms with Crippen LogP contribution < -0.4 is 0 Å². The molecule has 2 aliphatic rings. The van der Waals surface area contributed by atoms with E-state index in [0.717, 1.165) is 0 Å². The van der Waals surface area contributed by atoms with E-state index in [4.69, 9.17) is 10.1 Å². The number of hydrogen-bond acceptors (Lipinski definition) is 6. The molecule has 0 aromatic heterocycles. The summed E-state index contributed by atoms with van der Waals surface area (Å²) in [4.78, 5) is 13.7. The SMILES string of the molecule is CCOC(=O)N1CC=C2C(C#N)C(=N)C(C#N)(C#N)[C@H](c3ccc(F)cc3)[C@H]2C1. The molecule has 1 aromatic rings. The first kappa shape index (κ1) is 20.0. The fraction of sp³-hybridized carbons (Fsp3) is 0.381. The number of hydrogen-bond donors (Lipinski definition) is 1. The number of rotatable bonds is 2. The summed E-state index contributed by atoms with van der Waals surface area (Å²) < 4.78 is 18.6. The molecule has 1 fully saturated rings. The van der Waals surface area contributed by atoms with E-state index >= 15 is 0 Å². The first-order valence-electron chi connectivity index (χ1n) is 9.11. The van der Waals surface area contributed by atoms with Gasteiger partial charge in [0.15, 0.2) is 5.41 Å². The van der Waals surface area contributed by atoms with E-state index in [2.05, 4.69) is 0 Å². The molecule has 1 saturated carbocycles. The summed E-state index contributed by atoms with van der Waals surface area (Å²) >= 11 is 0. The number of amides is 1. The number of halogens is 1. The Morgan fingerprint density at radius 3 is 2.52 bits per heavy atom. The van der Waals surface area contributed by atoms with Gasteiger partial charge in [-0.25, -0.2) is 9.18 Å². The lowest BCUT2D eigenvalue weighted by Crippen LogP contribution is -2.53. The predicted octanol–water partition coefficient (Wildman–Crippen LogP) is 3.13. The summed E-state index contributed by atoms with van der Waals surface area (Å²) in [5, 5.41) is 38.1. The van der Waals surface area contributed by atoms with Crippen LogP contribution in [0.15, 0.2) is 35.9 Å². The van der Waals surface area contributed by atoms with Crippen LogP contribution in [-0.4, -0.2) is 36.4 Å². The van der Waals surface area contributed by atoms with E-state index in [1.807, 2.05) is 18.2 Å². The smallest absolute Gasteiger partial charge is 0.410 e. The molecule has 146 valence electrons. The van der Waals surface area contributed by atoms with E-state index < -0.39 is 35.1 Å². The molecule has 0 saturated heterocycles. The molecular weight excluding hydrogens is 373 g/mol. The molecule has 1 aromatic carbocycles. The minimum Gasteiger partial charge on any atom is -0.450 e. The minimum absolute atomic E-state index is 0.128. The molecule has 7 nitrogen and oxygen atoms in total. The van der Waals surface area contributed by atoms with Crippen molar-refractivity contribution in [3.05, 3.63) is 47.3 Å². The zero-order chi connectivity index (χ0) is 21.2. The molecule has 1 aliphatic carbocycles. The molecule has 0 bridgehead atoms. The topological polar surface area (TPSA) is 125 Å². The highest BCUT2D eigenvalue weighted by atomic mass is 19.1. The van der Waals surface area contributed by atoms with Crippen LogP contribution in [0.1, 0.15) is 18.4 Å². The Hall–Kier alpha value is -3.70. The first-order valence-corrected chi connectivity index (χ1v) is 9.11. The number of nitrogens with zero attached hydrogens (tertiary/aromatic N) is 4. The van der Waals surface area contributed by atoms with E-state index in [1.54, 1.807) is 13.0 Å². The summed E-state index contributed by atoms with van der Waals surface area (Å²) in [6.45, 7) is 2.22. The molecule has 3 rings (SSSR count). The molecule has 3 atom stereocenters. The summed E-state index contributed by atoms with van der Waals surface area (Å²) in [5.41, 5.74) is -1.09. The number of benzene rings is 1. The number of nitrogens with one attached hydrogen (secondary N) is 1. The summed E-state index contributed by atoms with van der Waals surface area (Å²) in [6.07, 6.45) is 1.16. The number of carbonyl (C=O) groups excluding carboxylic acids is 1. The van der Waals surface area contributed by atoms with Crippen LogP contribution in [0, 0.1) is 62.5 Å². The molecule has 0 radical (unpaired) electrons. The van der Waals surface area contributed by atoms with Crippen molar-refractivity contribution in [1.29, 1.82) is 21.2 Å². The Morgan fingerprint density at radius 1 is 1.31 bits per heavy atom. The maximum Gasteiger partial charge on any atom is 0.410 e. The third-order valence-electron chi connectivity index (χ3n) is 5.55. The highest BCUT2D eigenvalue weighted by molar-refractivity contribution is 6.00. The van der Waals surface area contributed by atoms with Gasteiger partial charge < -0.3 is 15.0 Å². The number of fused-ring (bicyclic) bond motifs is 1. The third kappa shape index (κ3) is 3.11. The van der Waals surface area contributed by atoms with E-state index in [-0.39, 0.29) is 25.4 Å². The van der Waals surface area contributed by atoms with Gasteiger partial charge in [0, 0.05) is 24.9 Å². The summed E-state index contributed by atoms with van der Waals surface area (Å²) in [5.74, 6) is -2.89. The van der Waals surface area contributed by atoms with Gasteiger partial charge in [0.25, 0.3) is 0 Å². The fourth-order valence-corrected chi connectivity index (χ4v) is 4.22. The van der Waals surface area contributed by atoms with Crippen LogP contribution in [0.5, 0.6) is 0 Å². The van der Waals surface area contributed by atoms with Gasteiger partial charge in [0.05, 0.1) is 30.5 Å². The van der Waals surface area contributed by atoms with E-state index in [1.165, 1.54) is 29.2 Å². The minimum atomic E-state index is -1.90. The van der Waals surface area contributed by atoms with Crippen LogP contribution in [0.2, 0.25) is 0 Å². The van der Waals surface area contributed by atoms with Crippen molar-refractivity contribution in [3.8, 4) is 18.2 Å². The predicted molar refractivity (Wildman–Crippen MR) is 99.8 cm³/mol. The molecule has 1 amide bonds. The van der Waals surface area contributed by atoms with Crippen LogP contribution >= 0.6 is 0 Å². The lowest BCUT2D eigenvalue weighted by atomic mass is 9.54. The Bertz CT molecular complexity index is 982. The molecule has 0 spiro atoms. The van der Waals surface area contributed by atoms with Gasteiger partial charge in [-0.1, -0.05) is 18.2 Å². The third-order valence-corrected chi connectivity index (χ3v) is 5.55. The van der Waals surface area contributed by atoms with Crippen LogP contribution in [0.25, 0.3) is 0 Å². The van der Waals surface area contributed by atoms with Gasteiger partial charge in [-0.05, 0) is 30.2 Å². The summed E-state index contributed by atoms with van der Waals surface area (Å²) in [6, 6.07) is 11.4. The number of ether oxygens (including phenoxy) is 1. The highest BCUT2D eigenvalue weighted by Crippen LogP contribution is 2.53. The first-order chi connectivity index (χ1) is 13.9. The largest absolute Gasteiger partial charge is 0.450 e. The normalized spacial score (nSPS) is 24.9. The molecule has 29 heavy (non-hydrogen) atoms. The quantitative estimate of drug-likeness (QED) is 0.775. The summed E-state index contributed by atoms with van der Waals surface area (Å²) in [7, 11) is 0. The Morgan fingerprint density at radius 2 is 1.97 bits per heavy atom. The Kier molecular flexibility index (Phi) is 5.35. The highest BCUT2D eigenvalue weighted by Gasteiger charge is 2.58. The second-order valence-corrected chi connectivity index (χ2v) is 6.95. The maximum atomic E-state index is 13.5. The fourth-order valence-electron chi connectivity index (χ4n) is 4.22. The van der Waals surface area contributed by atoms with Gasteiger partial charge in [-0.2, -0.15) is 15.8 Å². The van der Waals surface area contributed by atoms with Gasteiger partial charge in [-0.15, -0.1) is 0 Å². The van der Waals surface area contributed by atoms with Crippen LogP contribution in [0.3, 0.4) is 0 Å². The number of nitriles is 3. The van der Waals surface area contributed by atoms with E-state index in [9.17, 15) is 25.0 Å². The van der Waals surface area contributed by atoms with Crippen LogP contribution in [0.4, 0.5) is 9.18 Å². The van der Waals surface area contributed by atoms with Gasteiger partial charge in [0.2, 0.25) is 0 Å². The second-order valence-electron chi connectivity index (χ2n) is 6.95. The lowest BCUT2D eigenvalue weighted by molar-refractivity contribution is 0.0992. The average molecular weight is 391 g/mol. The zero-order valence-corrected chi connectivity index (χ0v) is 15.7. The molecule has 8 heteroatoms. The van der Waals surface area contributed by atoms with Crippen LogP contribution in [-0.2, 0) is 4.74 Å². The van der Waals surface area contributed by atoms with Crippen molar-refractivity contribution in [2.45, 2.75) is 12.8 Å². The van der Waals surface area contributed by atoms with Gasteiger partial charge in [0.1, 0.15) is 11.7 Å². The second kappa shape index (κ2) is 7.73. The molecule has 1 aliphatic heterocycles. The Balaban J connectivity index is 2.18. The average Bonchev–Trinajstić information content (AvgIpc) is 2.74. The maximum absolute atomic E-state index is 13.5. The Labute approximate surface area is 167 Å². The molecule has 1 unspecified atom stereocenters. The van der Waals surface area contributed by atoms with Crippen molar-refractivity contribution < 1.29 is 13.9 Å². The van der Waals surface area contributed by atoms with E-state index in [0.29, 0.717) is 11.1 Å². The van der Waals surface area contributed by atoms with Crippen molar-refractivity contribution in [3.63, 3.8) is 0 Å². The molecule has 1 heterocycles. The number of carbonyl (C=O) groups is 1. The monoisotopic (exact) mass is 391 g/mol. The lowest BCUT2D eigenvalue weighted by Gasteiger charge is -2.47. The zero-order valence-electron chi connectivity index (χ0n) is 15.7. The van der Waals surface area contributed by atoms with Gasteiger partial charge in [-0.3, -0.25) is 0 Å². The molecule has 1 N–H and O–H groups in total. The standard InChI is InChI=1S/C21H18FN5O2/c1-2-29-20(28)27-8-7-15-16(9-23)19(26)21(11-24,12-25)18(17(15)10-27)13-3-5-14(22)6-4-13/h3-7,16-18,26H,2,8,10H2,1H3/t16?,17-,18+/m0/s1. The van der Waals surface area contributed by atoms with Gasteiger partial charge >= 0.3 is 6.09 Å². The van der Waals surface area contributed by atoms with Crippen molar-refractivity contribution in [2.24, 2.45) is 17.3 Å². The van der Waals surface area contributed by atoms with Crippen molar-refractivity contribution in [1.82, 2.24) is 4.90 Å². The van der Waals surface area contributed by atoms with Crippen molar-refractivity contribution >= 4 is 11.8 Å². The molecular formula is C21H18FN5O2. The van der Waals surface area contributed by atoms with Crippen molar-refractivity contribution in [2.75, 3.05) is 19.7 Å².